The highest BCUT2D eigenvalue weighted by Crippen LogP contribution is 2.40. The molecule has 14 heavy (non-hydrogen) atoms. The van der Waals surface area contributed by atoms with Crippen LogP contribution in [0.2, 0.25) is 0 Å². The maximum Gasteiger partial charge on any atom is 0.0901 e. The van der Waals surface area contributed by atoms with Gasteiger partial charge in [0.2, 0.25) is 0 Å². The second-order valence-electron chi connectivity index (χ2n) is 4.51. The van der Waals surface area contributed by atoms with Gasteiger partial charge >= 0.3 is 0 Å². The molecule has 1 aromatic rings. The Morgan fingerprint density at radius 3 is 2.86 bits per heavy atom. The summed E-state index contributed by atoms with van der Waals surface area (Å²) in [7, 11) is 0. The zero-order valence-electron chi connectivity index (χ0n) is 8.90. The lowest BCUT2D eigenvalue weighted by Crippen LogP contribution is -2.21. The maximum absolute atomic E-state index is 10.3. The third-order valence-corrected chi connectivity index (χ3v) is 2.96. The van der Waals surface area contributed by atoms with Crippen LogP contribution in [-0.2, 0) is 12.1 Å². The minimum Gasteiger partial charge on any atom is -0.385 e. The molecule has 0 bridgehead atoms. The average molecular weight is 194 g/mol. The van der Waals surface area contributed by atoms with Crippen LogP contribution in [-0.4, -0.2) is 14.9 Å². The molecule has 3 nitrogen and oxygen atoms in total. The first-order valence-corrected chi connectivity index (χ1v) is 5.37. The predicted molar refractivity (Wildman–Crippen MR) is 54.8 cm³/mol. The van der Waals surface area contributed by atoms with E-state index in [-0.39, 0.29) is 0 Å². The topological polar surface area (TPSA) is 38.0 Å². The van der Waals surface area contributed by atoms with Gasteiger partial charge in [-0.05, 0) is 26.2 Å². The molecule has 1 aromatic heterocycles. The smallest absolute Gasteiger partial charge is 0.0901 e. The Kier molecular flexibility index (Phi) is 2.35. The van der Waals surface area contributed by atoms with Crippen molar-refractivity contribution in [1.29, 1.82) is 0 Å². The summed E-state index contributed by atoms with van der Waals surface area (Å²) in [5, 5.41) is 14.4. The zero-order chi connectivity index (χ0) is 10.2. The van der Waals surface area contributed by atoms with E-state index in [0.717, 1.165) is 24.4 Å². The monoisotopic (exact) mass is 194 g/mol. The van der Waals surface area contributed by atoms with E-state index >= 15 is 0 Å². The van der Waals surface area contributed by atoms with Crippen molar-refractivity contribution in [3.05, 3.63) is 18.0 Å². The molecule has 0 radical (unpaired) electrons. The SMILES string of the molecule is CCn1cc(C(C)(O)CC2CC2)cn1. The van der Waals surface area contributed by atoms with E-state index < -0.39 is 5.60 Å². The molecule has 0 aromatic carbocycles. The van der Waals surface area contributed by atoms with E-state index in [2.05, 4.69) is 5.10 Å². The number of aliphatic hydroxyl groups is 1. The van der Waals surface area contributed by atoms with E-state index in [9.17, 15) is 5.11 Å². The number of aryl methyl sites for hydroxylation is 1. The van der Waals surface area contributed by atoms with E-state index in [1.807, 2.05) is 24.7 Å². The zero-order valence-corrected chi connectivity index (χ0v) is 8.90. The van der Waals surface area contributed by atoms with Crippen LogP contribution in [0.25, 0.3) is 0 Å². The first-order chi connectivity index (χ1) is 6.62. The Morgan fingerprint density at radius 1 is 1.64 bits per heavy atom. The quantitative estimate of drug-likeness (QED) is 0.795. The number of hydrogen-bond acceptors (Lipinski definition) is 2. The average Bonchev–Trinajstić information content (AvgIpc) is 2.81. The number of hydrogen-bond donors (Lipinski definition) is 1. The van der Waals surface area contributed by atoms with Crippen molar-refractivity contribution in [3.63, 3.8) is 0 Å². The van der Waals surface area contributed by atoms with Crippen LogP contribution >= 0.6 is 0 Å². The Morgan fingerprint density at radius 2 is 2.36 bits per heavy atom. The minimum atomic E-state index is -0.686. The summed E-state index contributed by atoms with van der Waals surface area (Å²) in [6.07, 6.45) is 7.16. The van der Waals surface area contributed by atoms with Crippen molar-refractivity contribution >= 4 is 0 Å². The fourth-order valence-corrected chi connectivity index (χ4v) is 1.82. The third kappa shape index (κ3) is 1.98. The van der Waals surface area contributed by atoms with Crippen LogP contribution in [0.15, 0.2) is 12.4 Å². The first-order valence-electron chi connectivity index (χ1n) is 5.37. The van der Waals surface area contributed by atoms with E-state index in [4.69, 9.17) is 0 Å². The lowest BCUT2D eigenvalue weighted by Gasteiger charge is -2.21. The standard InChI is InChI=1S/C11H18N2O/c1-3-13-8-10(7-12-13)11(2,14)6-9-4-5-9/h7-9,14H,3-6H2,1-2H3. The van der Waals surface area contributed by atoms with Gasteiger partial charge < -0.3 is 5.11 Å². The molecule has 1 saturated carbocycles. The second-order valence-corrected chi connectivity index (χ2v) is 4.51. The molecule has 1 fully saturated rings. The molecule has 1 aliphatic carbocycles. The van der Waals surface area contributed by atoms with Gasteiger partial charge in [0.1, 0.15) is 0 Å². The number of aromatic nitrogens is 2. The van der Waals surface area contributed by atoms with Gasteiger partial charge in [-0.15, -0.1) is 0 Å². The molecule has 78 valence electrons. The van der Waals surface area contributed by atoms with E-state index in [1.165, 1.54) is 12.8 Å². The lowest BCUT2D eigenvalue weighted by atomic mass is 9.93. The van der Waals surface area contributed by atoms with Crippen molar-refractivity contribution in [2.45, 2.75) is 45.3 Å². The molecule has 1 heterocycles. The van der Waals surface area contributed by atoms with Crippen LogP contribution in [0.1, 0.15) is 38.7 Å². The Balaban J connectivity index is 2.10. The molecule has 3 heteroatoms. The molecule has 0 spiro atoms. The van der Waals surface area contributed by atoms with Gasteiger partial charge in [-0.2, -0.15) is 5.10 Å². The van der Waals surface area contributed by atoms with Gasteiger partial charge in [0.15, 0.2) is 0 Å². The predicted octanol–water partition coefficient (Wildman–Crippen LogP) is 1.91. The summed E-state index contributed by atoms with van der Waals surface area (Å²) in [5.41, 5.74) is 0.264. The normalized spacial score (nSPS) is 20.8. The van der Waals surface area contributed by atoms with Crippen molar-refractivity contribution < 1.29 is 5.11 Å². The number of rotatable bonds is 4. The molecule has 1 atom stereocenters. The second kappa shape index (κ2) is 3.39. The summed E-state index contributed by atoms with van der Waals surface area (Å²) < 4.78 is 1.86. The molecule has 1 aliphatic rings. The molecule has 1 N–H and O–H groups in total. The van der Waals surface area contributed by atoms with Crippen LogP contribution in [0.3, 0.4) is 0 Å². The summed E-state index contributed by atoms with van der Waals surface area (Å²) in [5.74, 6) is 0.731. The summed E-state index contributed by atoms with van der Waals surface area (Å²) in [6.45, 7) is 4.80. The van der Waals surface area contributed by atoms with Gasteiger partial charge in [-0.25, -0.2) is 0 Å². The first kappa shape index (κ1) is 9.71. The highest BCUT2D eigenvalue weighted by atomic mass is 16.3. The van der Waals surface area contributed by atoms with Crippen LogP contribution in [0.4, 0.5) is 0 Å². The van der Waals surface area contributed by atoms with Crippen LogP contribution in [0.5, 0.6) is 0 Å². The van der Waals surface area contributed by atoms with E-state index in [1.54, 1.807) is 6.20 Å². The third-order valence-electron chi connectivity index (χ3n) is 2.96. The van der Waals surface area contributed by atoms with Crippen LogP contribution < -0.4 is 0 Å². The van der Waals surface area contributed by atoms with Gasteiger partial charge in [-0.3, -0.25) is 4.68 Å². The molecule has 0 amide bonds. The maximum atomic E-state index is 10.3. The Labute approximate surface area is 84.7 Å². The summed E-state index contributed by atoms with van der Waals surface area (Å²) in [4.78, 5) is 0. The van der Waals surface area contributed by atoms with Gasteiger partial charge in [-0.1, -0.05) is 12.8 Å². The van der Waals surface area contributed by atoms with Gasteiger partial charge in [0, 0.05) is 18.3 Å². The summed E-state index contributed by atoms with van der Waals surface area (Å²) >= 11 is 0. The van der Waals surface area contributed by atoms with E-state index in [0.29, 0.717) is 0 Å². The lowest BCUT2D eigenvalue weighted by molar-refractivity contribution is 0.0417. The highest BCUT2D eigenvalue weighted by Gasteiger charge is 2.33. The fraction of sp³-hybridized carbons (Fsp3) is 0.727. The van der Waals surface area contributed by atoms with Crippen molar-refractivity contribution in [1.82, 2.24) is 9.78 Å². The molecule has 2 rings (SSSR count). The summed E-state index contributed by atoms with van der Waals surface area (Å²) in [6, 6.07) is 0. The van der Waals surface area contributed by atoms with Gasteiger partial charge in [0.05, 0.1) is 11.8 Å². The fourth-order valence-electron chi connectivity index (χ4n) is 1.82. The molecule has 0 saturated heterocycles. The minimum absolute atomic E-state index is 0.686. The number of nitrogens with zero attached hydrogens (tertiary/aromatic N) is 2. The largest absolute Gasteiger partial charge is 0.385 e. The highest BCUT2D eigenvalue weighted by molar-refractivity contribution is 5.14. The Bertz CT molecular complexity index is 313. The van der Waals surface area contributed by atoms with Crippen molar-refractivity contribution in [2.24, 2.45) is 5.92 Å². The van der Waals surface area contributed by atoms with Crippen molar-refractivity contribution in [3.8, 4) is 0 Å². The molecular weight excluding hydrogens is 176 g/mol. The molecule has 1 unspecified atom stereocenters. The van der Waals surface area contributed by atoms with Gasteiger partial charge in [0.25, 0.3) is 0 Å². The molecular formula is C11H18N2O. The van der Waals surface area contributed by atoms with Crippen LogP contribution in [0, 0.1) is 5.92 Å². The van der Waals surface area contributed by atoms with Crippen molar-refractivity contribution in [2.75, 3.05) is 0 Å². The Hall–Kier alpha value is -0.830. The molecule has 0 aliphatic heterocycles.